The van der Waals surface area contributed by atoms with Crippen molar-refractivity contribution in [3.8, 4) is 0 Å². The van der Waals surface area contributed by atoms with Crippen LogP contribution in [0.15, 0.2) is 18.2 Å². The molecule has 1 aromatic rings. The average molecular weight is 217 g/mol. The molecule has 0 saturated carbocycles. The topological polar surface area (TPSA) is 52.0 Å². The Balaban J connectivity index is 2.74. The summed E-state index contributed by atoms with van der Waals surface area (Å²) in [6.07, 6.45) is 1.48. The van der Waals surface area contributed by atoms with E-state index in [0.29, 0.717) is 23.6 Å². The number of nitrogens with two attached hydrogens (primary N) is 2. The summed E-state index contributed by atoms with van der Waals surface area (Å²) in [5.74, 6) is -0.345. The molecule has 1 aromatic carbocycles. The molecule has 4 heteroatoms. The molecule has 1 rings (SSSR count). The van der Waals surface area contributed by atoms with Crippen LogP contribution in [0.25, 0.3) is 0 Å². The van der Waals surface area contributed by atoms with Crippen LogP contribution in [0.4, 0.5) is 4.39 Å². The second-order valence-corrected chi connectivity index (χ2v) is 3.64. The second kappa shape index (κ2) is 5.29. The third-order valence-corrected chi connectivity index (χ3v) is 2.32. The molecule has 0 radical (unpaired) electrons. The van der Waals surface area contributed by atoms with Gasteiger partial charge in [0.2, 0.25) is 0 Å². The van der Waals surface area contributed by atoms with Crippen LogP contribution in [0.5, 0.6) is 0 Å². The Kier molecular flexibility index (Phi) is 4.32. The van der Waals surface area contributed by atoms with Gasteiger partial charge in [0.25, 0.3) is 0 Å². The highest BCUT2D eigenvalue weighted by Crippen LogP contribution is 2.21. The van der Waals surface area contributed by atoms with E-state index in [4.69, 9.17) is 23.1 Å². The minimum atomic E-state index is -0.345. The lowest BCUT2D eigenvalue weighted by molar-refractivity contribution is 0.553. The predicted octanol–water partition coefficient (Wildman–Crippen LogP) is 2.22. The lowest BCUT2D eigenvalue weighted by Crippen LogP contribution is -2.14. The van der Waals surface area contributed by atoms with E-state index in [1.54, 1.807) is 12.1 Å². The minimum absolute atomic E-state index is 0.296. The Morgan fingerprint density at radius 2 is 2.14 bits per heavy atom. The van der Waals surface area contributed by atoms with Gasteiger partial charge in [-0.15, -0.1) is 0 Å². The fourth-order valence-corrected chi connectivity index (χ4v) is 1.45. The van der Waals surface area contributed by atoms with Gasteiger partial charge >= 0.3 is 0 Å². The van der Waals surface area contributed by atoms with Crippen molar-refractivity contribution in [1.82, 2.24) is 0 Å². The van der Waals surface area contributed by atoms with Crippen LogP contribution >= 0.6 is 11.6 Å². The van der Waals surface area contributed by atoms with E-state index in [2.05, 4.69) is 0 Å². The van der Waals surface area contributed by atoms with Crippen LogP contribution in [0, 0.1) is 5.82 Å². The molecule has 0 aromatic heterocycles. The molecule has 0 heterocycles. The first-order valence-electron chi connectivity index (χ1n) is 4.55. The van der Waals surface area contributed by atoms with E-state index < -0.39 is 0 Å². The van der Waals surface area contributed by atoms with Gasteiger partial charge in [0.1, 0.15) is 5.82 Å². The number of hydrogen-bond donors (Lipinski definition) is 2. The first kappa shape index (κ1) is 11.4. The third-order valence-electron chi connectivity index (χ3n) is 2.08. The molecule has 4 N–H and O–H groups in total. The lowest BCUT2D eigenvalue weighted by atomic mass is 10.0. The molecule has 1 atom stereocenters. The minimum Gasteiger partial charge on any atom is -0.330 e. The molecular formula is C10H14ClFN2. The van der Waals surface area contributed by atoms with Crippen molar-refractivity contribution < 1.29 is 4.39 Å². The van der Waals surface area contributed by atoms with Gasteiger partial charge in [-0.05, 0) is 31.5 Å². The van der Waals surface area contributed by atoms with Crippen LogP contribution in [-0.2, 0) is 0 Å². The van der Waals surface area contributed by atoms with Gasteiger partial charge in [-0.2, -0.15) is 0 Å². The Bertz CT molecular complexity index is 304. The van der Waals surface area contributed by atoms with Gasteiger partial charge in [0, 0.05) is 16.6 Å². The molecule has 0 fully saturated rings. The largest absolute Gasteiger partial charge is 0.330 e. The molecule has 0 unspecified atom stereocenters. The maximum Gasteiger partial charge on any atom is 0.129 e. The van der Waals surface area contributed by atoms with Crippen LogP contribution in [0.1, 0.15) is 24.4 Å². The Hall–Kier alpha value is -0.640. The van der Waals surface area contributed by atoms with Gasteiger partial charge in [-0.3, -0.25) is 0 Å². The smallest absolute Gasteiger partial charge is 0.129 e. The monoisotopic (exact) mass is 216 g/mol. The first-order valence-corrected chi connectivity index (χ1v) is 4.93. The molecule has 78 valence electrons. The van der Waals surface area contributed by atoms with Gasteiger partial charge in [-0.25, -0.2) is 4.39 Å². The molecule has 14 heavy (non-hydrogen) atoms. The number of hydrogen-bond acceptors (Lipinski definition) is 2. The zero-order valence-electron chi connectivity index (χ0n) is 7.84. The zero-order chi connectivity index (χ0) is 10.6. The average Bonchev–Trinajstić information content (AvgIpc) is 2.14. The van der Waals surface area contributed by atoms with E-state index in [0.717, 1.165) is 6.42 Å². The fourth-order valence-electron chi connectivity index (χ4n) is 1.30. The molecule has 2 nitrogen and oxygen atoms in total. The molecule has 0 spiro atoms. The van der Waals surface area contributed by atoms with Crippen molar-refractivity contribution in [2.24, 2.45) is 11.5 Å². The van der Waals surface area contributed by atoms with E-state index in [1.165, 1.54) is 6.07 Å². The summed E-state index contributed by atoms with van der Waals surface area (Å²) in [5, 5.41) is 0.386. The highest BCUT2D eigenvalue weighted by Gasteiger charge is 2.10. The molecule has 0 bridgehead atoms. The molecule has 0 aliphatic rings. The number of benzene rings is 1. The summed E-state index contributed by atoms with van der Waals surface area (Å²) in [4.78, 5) is 0. The number of rotatable bonds is 4. The second-order valence-electron chi connectivity index (χ2n) is 3.20. The lowest BCUT2D eigenvalue weighted by Gasteiger charge is -2.12. The molecule has 0 aliphatic heterocycles. The maximum atomic E-state index is 13.3. The van der Waals surface area contributed by atoms with E-state index in [9.17, 15) is 4.39 Å². The van der Waals surface area contributed by atoms with Crippen molar-refractivity contribution >= 4 is 11.6 Å². The van der Waals surface area contributed by atoms with Crippen molar-refractivity contribution in [3.05, 3.63) is 34.6 Å². The quantitative estimate of drug-likeness (QED) is 0.811. The third kappa shape index (κ3) is 2.94. The summed E-state index contributed by atoms with van der Waals surface area (Å²) >= 11 is 5.63. The van der Waals surface area contributed by atoms with Crippen molar-refractivity contribution in [2.45, 2.75) is 18.9 Å². The SMILES string of the molecule is NCCC[C@H](N)c1ccc(Cl)cc1F. The van der Waals surface area contributed by atoms with Crippen molar-refractivity contribution in [3.63, 3.8) is 0 Å². The molecule has 0 saturated heterocycles. The summed E-state index contributed by atoms with van der Waals surface area (Å²) in [7, 11) is 0. The summed E-state index contributed by atoms with van der Waals surface area (Å²) < 4.78 is 13.3. The Labute approximate surface area is 88.0 Å². The normalized spacial score (nSPS) is 12.9. The highest BCUT2D eigenvalue weighted by molar-refractivity contribution is 6.30. The van der Waals surface area contributed by atoms with E-state index in [1.807, 2.05) is 0 Å². The first-order chi connectivity index (χ1) is 6.65. The Morgan fingerprint density at radius 1 is 1.43 bits per heavy atom. The highest BCUT2D eigenvalue weighted by atomic mass is 35.5. The van der Waals surface area contributed by atoms with E-state index in [-0.39, 0.29) is 11.9 Å². The van der Waals surface area contributed by atoms with Crippen LogP contribution in [0.3, 0.4) is 0 Å². The van der Waals surface area contributed by atoms with Gasteiger partial charge in [0.05, 0.1) is 0 Å². The summed E-state index contributed by atoms with van der Waals surface area (Å²) in [6, 6.07) is 4.25. The zero-order valence-corrected chi connectivity index (χ0v) is 8.60. The molecule has 0 amide bonds. The van der Waals surface area contributed by atoms with Crippen LogP contribution in [-0.4, -0.2) is 6.54 Å². The summed E-state index contributed by atoms with van der Waals surface area (Å²) in [6.45, 7) is 0.572. The number of halogens is 2. The van der Waals surface area contributed by atoms with Crippen molar-refractivity contribution in [1.29, 1.82) is 0 Å². The Morgan fingerprint density at radius 3 is 2.71 bits per heavy atom. The van der Waals surface area contributed by atoms with Crippen LogP contribution in [0.2, 0.25) is 5.02 Å². The van der Waals surface area contributed by atoms with E-state index >= 15 is 0 Å². The van der Waals surface area contributed by atoms with Gasteiger partial charge in [0.15, 0.2) is 0 Å². The van der Waals surface area contributed by atoms with Crippen molar-refractivity contribution in [2.75, 3.05) is 6.54 Å². The predicted molar refractivity (Wildman–Crippen MR) is 56.6 cm³/mol. The van der Waals surface area contributed by atoms with Gasteiger partial charge in [-0.1, -0.05) is 17.7 Å². The standard InChI is InChI=1S/C10H14ClFN2/c11-7-3-4-8(9(12)6-7)10(14)2-1-5-13/h3-4,6,10H,1-2,5,13-14H2/t10-/m0/s1. The summed E-state index contributed by atoms with van der Waals surface area (Å²) in [5.41, 5.74) is 11.6. The fraction of sp³-hybridized carbons (Fsp3) is 0.400. The molecular weight excluding hydrogens is 203 g/mol. The van der Waals surface area contributed by atoms with Crippen LogP contribution < -0.4 is 11.5 Å². The molecule has 0 aliphatic carbocycles. The van der Waals surface area contributed by atoms with Gasteiger partial charge < -0.3 is 11.5 Å². The maximum absolute atomic E-state index is 13.3.